The Balaban J connectivity index is 1.53. The minimum atomic E-state index is -1.00. The van der Waals surface area contributed by atoms with Crippen LogP contribution >= 0.6 is 0 Å². The largest absolute Gasteiger partial charge is 0.485 e. The molecule has 3 amide bonds. The Labute approximate surface area is 233 Å². The topological polar surface area (TPSA) is 120 Å². The van der Waals surface area contributed by atoms with Gasteiger partial charge in [-0.1, -0.05) is 78.9 Å². The molecule has 0 fully saturated rings. The van der Waals surface area contributed by atoms with E-state index in [9.17, 15) is 14.4 Å². The molecule has 1 atom stereocenters. The minimum Gasteiger partial charge on any atom is -0.485 e. The highest BCUT2D eigenvalue weighted by atomic mass is 16.5. The molecule has 8 heteroatoms. The fourth-order valence-electron chi connectivity index (χ4n) is 4.06. The van der Waals surface area contributed by atoms with E-state index in [-0.39, 0.29) is 17.9 Å². The Morgan fingerprint density at radius 2 is 1.30 bits per heavy atom. The van der Waals surface area contributed by atoms with Crippen molar-refractivity contribution in [2.24, 2.45) is 5.73 Å². The van der Waals surface area contributed by atoms with Crippen LogP contribution in [0.15, 0.2) is 103 Å². The van der Waals surface area contributed by atoms with Crippen LogP contribution in [0, 0.1) is 0 Å². The molecule has 4 N–H and O–H groups in total. The summed E-state index contributed by atoms with van der Waals surface area (Å²) < 4.78 is 12.2. The van der Waals surface area contributed by atoms with E-state index in [1.165, 1.54) is 6.92 Å². The highest BCUT2D eigenvalue weighted by molar-refractivity contribution is 6.04. The van der Waals surface area contributed by atoms with Gasteiger partial charge < -0.3 is 25.8 Å². The van der Waals surface area contributed by atoms with Crippen LogP contribution in [0.5, 0.6) is 11.5 Å². The smallest absolute Gasteiger partial charge is 0.254 e. The number of carbonyl (C=O) groups is 3. The lowest BCUT2D eigenvalue weighted by molar-refractivity contribution is -0.119. The molecule has 0 aliphatic heterocycles. The summed E-state index contributed by atoms with van der Waals surface area (Å²) in [6.45, 7) is 2.03. The molecule has 0 saturated carbocycles. The summed E-state index contributed by atoms with van der Waals surface area (Å²) in [5.74, 6) is -0.488. The molecule has 204 valence electrons. The molecule has 4 aromatic rings. The summed E-state index contributed by atoms with van der Waals surface area (Å²) in [4.78, 5) is 36.9. The molecule has 0 aliphatic rings. The normalized spacial score (nSPS) is 11.2. The number of primary amides is 1. The van der Waals surface area contributed by atoms with Crippen molar-refractivity contribution in [3.05, 3.63) is 125 Å². The van der Waals surface area contributed by atoms with E-state index in [1.807, 2.05) is 66.7 Å². The summed E-state index contributed by atoms with van der Waals surface area (Å²) in [5, 5.41) is 5.32. The molecule has 0 bridgehead atoms. The average molecular weight is 538 g/mol. The van der Waals surface area contributed by atoms with E-state index in [2.05, 4.69) is 10.6 Å². The number of amides is 3. The molecule has 0 radical (unpaired) electrons. The van der Waals surface area contributed by atoms with Crippen LogP contribution < -0.4 is 25.8 Å². The quantitative estimate of drug-likeness (QED) is 0.243. The predicted molar refractivity (Wildman–Crippen MR) is 153 cm³/mol. The monoisotopic (exact) mass is 537 g/mol. The minimum absolute atomic E-state index is 0.129. The lowest BCUT2D eigenvalue weighted by atomic mass is 10.0. The first-order valence-electron chi connectivity index (χ1n) is 12.8. The Morgan fingerprint density at radius 1 is 0.725 bits per heavy atom. The predicted octanol–water partition coefficient (Wildman–Crippen LogP) is 4.63. The molecule has 40 heavy (non-hydrogen) atoms. The van der Waals surface area contributed by atoms with Gasteiger partial charge in [0.15, 0.2) is 11.5 Å². The maximum Gasteiger partial charge on any atom is 0.254 e. The molecule has 0 saturated heterocycles. The Morgan fingerprint density at radius 3 is 1.90 bits per heavy atom. The second-order valence-corrected chi connectivity index (χ2v) is 9.19. The van der Waals surface area contributed by atoms with E-state index in [0.29, 0.717) is 30.4 Å². The van der Waals surface area contributed by atoms with Gasteiger partial charge in [-0.25, -0.2) is 0 Å². The van der Waals surface area contributed by atoms with Crippen molar-refractivity contribution < 1.29 is 23.9 Å². The maximum atomic E-state index is 13.0. The van der Waals surface area contributed by atoms with Crippen LogP contribution in [-0.2, 0) is 29.2 Å². The van der Waals surface area contributed by atoms with Crippen LogP contribution in [0.1, 0.15) is 34.0 Å². The zero-order chi connectivity index (χ0) is 28.3. The first kappa shape index (κ1) is 27.9. The van der Waals surface area contributed by atoms with Crippen molar-refractivity contribution in [1.29, 1.82) is 0 Å². The standard InChI is InChI=1S/C32H31N3O5/c1-22(36)34-27-15-9-8-14-26(27)32(38)35-28(31(33)37)18-25-16-17-29(39-20-23-10-4-2-5-11-23)30(19-25)40-21-24-12-6-3-7-13-24/h2-17,19,28H,18,20-21H2,1H3,(H2,33,37)(H,34,36)(H,35,38)/t28-/m1/s1. The molecular formula is C32H31N3O5. The number of hydrogen-bond donors (Lipinski definition) is 3. The van der Waals surface area contributed by atoms with Gasteiger partial charge in [-0.2, -0.15) is 0 Å². The molecule has 0 aliphatic carbocycles. The fourth-order valence-corrected chi connectivity index (χ4v) is 4.06. The third-order valence-corrected chi connectivity index (χ3v) is 6.05. The molecule has 8 nitrogen and oxygen atoms in total. The first-order chi connectivity index (χ1) is 19.4. The molecule has 0 heterocycles. The third kappa shape index (κ3) is 7.94. The number of rotatable bonds is 12. The van der Waals surface area contributed by atoms with Gasteiger partial charge in [0.1, 0.15) is 19.3 Å². The number of ether oxygens (including phenoxy) is 2. The molecule has 4 rings (SSSR count). The molecular weight excluding hydrogens is 506 g/mol. The van der Waals surface area contributed by atoms with Gasteiger partial charge in [-0.15, -0.1) is 0 Å². The van der Waals surface area contributed by atoms with E-state index >= 15 is 0 Å². The SMILES string of the molecule is CC(=O)Nc1ccccc1C(=O)N[C@H](Cc1ccc(OCc2ccccc2)c(OCc2ccccc2)c1)C(N)=O. The van der Waals surface area contributed by atoms with Crippen LogP contribution in [-0.4, -0.2) is 23.8 Å². The highest BCUT2D eigenvalue weighted by Crippen LogP contribution is 2.31. The maximum absolute atomic E-state index is 13.0. The number of benzene rings is 4. The van der Waals surface area contributed by atoms with Gasteiger partial charge >= 0.3 is 0 Å². The van der Waals surface area contributed by atoms with E-state index in [0.717, 1.165) is 16.7 Å². The van der Waals surface area contributed by atoms with Crippen molar-refractivity contribution in [3.8, 4) is 11.5 Å². The lowest BCUT2D eigenvalue weighted by Gasteiger charge is -2.19. The Hall–Kier alpha value is -5.11. The number of nitrogens with two attached hydrogens (primary N) is 1. The second-order valence-electron chi connectivity index (χ2n) is 9.19. The molecule has 0 spiro atoms. The van der Waals surface area contributed by atoms with Crippen LogP contribution in [0.2, 0.25) is 0 Å². The van der Waals surface area contributed by atoms with Gasteiger partial charge in [0.25, 0.3) is 5.91 Å². The van der Waals surface area contributed by atoms with E-state index in [1.54, 1.807) is 36.4 Å². The van der Waals surface area contributed by atoms with E-state index in [4.69, 9.17) is 15.2 Å². The van der Waals surface area contributed by atoms with Crippen molar-refractivity contribution >= 4 is 23.4 Å². The number of nitrogens with one attached hydrogen (secondary N) is 2. The zero-order valence-corrected chi connectivity index (χ0v) is 22.1. The van der Waals surface area contributed by atoms with Crippen molar-refractivity contribution in [2.45, 2.75) is 32.6 Å². The van der Waals surface area contributed by atoms with Crippen molar-refractivity contribution in [2.75, 3.05) is 5.32 Å². The summed E-state index contributed by atoms with van der Waals surface area (Å²) >= 11 is 0. The van der Waals surface area contributed by atoms with Gasteiger partial charge in [-0.05, 0) is 41.0 Å². The van der Waals surface area contributed by atoms with Gasteiger partial charge in [0.05, 0.1) is 11.3 Å². The first-order valence-corrected chi connectivity index (χ1v) is 12.8. The van der Waals surface area contributed by atoms with Crippen molar-refractivity contribution in [1.82, 2.24) is 5.32 Å². The van der Waals surface area contributed by atoms with Gasteiger partial charge in [0.2, 0.25) is 11.8 Å². The van der Waals surface area contributed by atoms with Crippen LogP contribution in [0.3, 0.4) is 0 Å². The van der Waals surface area contributed by atoms with Crippen LogP contribution in [0.25, 0.3) is 0 Å². The number of hydrogen-bond acceptors (Lipinski definition) is 5. The summed E-state index contributed by atoms with van der Waals surface area (Å²) in [6.07, 6.45) is 0.129. The third-order valence-electron chi connectivity index (χ3n) is 6.05. The highest BCUT2D eigenvalue weighted by Gasteiger charge is 2.22. The van der Waals surface area contributed by atoms with Crippen molar-refractivity contribution in [3.63, 3.8) is 0 Å². The summed E-state index contributed by atoms with van der Waals surface area (Å²) in [7, 11) is 0. The molecule has 0 aromatic heterocycles. The van der Waals surface area contributed by atoms with E-state index < -0.39 is 17.9 Å². The zero-order valence-electron chi connectivity index (χ0n) is 22.1. The number of para-hydroxylation sites is 1. The summed E-state index contributed by atoms with van der Waals surface area (Å²) in [6, 6.07) is 30.4. The Kier molecular flexibility index (Phi) is 9.50. The fraction of sp³-hybridized carbons (Fsp3) is 0.156. The summed E-state index contributed by atoms with van der Waals surface area (Å²) in [5.41, 5.74) is 8.94. The average Bonchev–Trinajstić information content (AvgIpc) is 2.96. The number of anilines is 1. The Bertz CT molecular complexity index is 1460. The second kappa shape index (κ2) is 13.6. The molecule has 4 aromatic carbocycles. The van der Waals surface area contributed by atoms with Gasteiger partial charge in [-0.3, -0.25) is 14.4 Å². The van der Waals surface area contributed by atoms with Gasteiger partial charge in [0, 0.05) is 13.3 Å². The lowest BCUT2D eigenvalue weighted by Crippen LogP contribution is -2.46. The van der Waals surface area contributed by atoms with Crippen LogP contribution in [0.4, 0.5) is 5.69 Å². The number of carbonyl (C=O) groups excluding carboxylic acids is 3. The molecule has 0 unspecified atom stereocenters.